The van der Waals surface area contributed by atoms with Gasteiger partial charge in [0.2, 0.25) is 0 Å². The maximum absolute atomic E-state index is 12.5. The molecule has 0 radical (unpaired) electrons. The maximum atomic E-state index is 12.5. The van der Waals surface area contributed by atoms with Gasteiger partial charge in [-0.25, -0.2) is 0 Å². The molecule has 20 heavy (non-hydrogen) atoms. The Labute approximate surface area is 118 Å². The number of likely N-dealkylation sites (tertiary alicyclic amines) is 1. The van der Waals surface area contributed by atoms with E-state index in [-0.39, 0.29) is 17.7 Å². The summed E-state index contributed by atoms with van der Waals surface area (Å²) in [4.78, 5) is 14.3. The van der Waals surface area contributed by atoms with Gasteiger partial charge >= 0.3 is 0 Å². The van der Waals surface area contributed by atoms with Crippen molar-refractivity contribution in [2.75, 3.05) is 13.1 Å². The van der Waals surface area contributed by atoms with Crippen LogP contribution in [0.2, 0.25) is 0 Å². The zero-order valence-electron chi connectivity index (χ0n) is 11.9. The van der Waals surface area contributed by atoms with Gasteiger partial charge in [-0.2, -0.15) is 5.10 Å². The van der Waals surface area contributed by atoms with Gasteiger partial charge in [0.25, 0.3) is 5.91 Å². The van der Waals surface area contributed by atoms with E-state index < -0.39 is 0 Å². The van der Waals surface area contributed by atoms with E-state index in [0.29, 0.717) is 18.8 Å². The Bertz CT molecular complexity index is 523. The molecule has 1 aliphatic heterocycles. The Morgan fingerprint density at radius 2 is 2.40 bits per heavy atom. The average molecular weight is 279 g/mol. The van der Waals surface area contributed by atoms with E-state index in [9.17, 15) is 4.79 Å². The van der Waals surface area contributed by atoms with Gasteiger partial charge in [0.1, 0.15) is 11.5 Å². The van der Waals surface area contributed by atoms with Crippen LogP contribution in [-0.4, -0.2) is 44.7 Å². The number of aryl methyl sites for hydroxylation is 2. The number of aromatic nitrogens is 2. The Morgan fingerprint density at radius 1 is 1.65 bits per heavy atom. The Hall–Kier alpha value is -2.05. The summed E-state index contributed by atoms with van der Waals surface area (Å²) in [5.41, 5.74) is 7.14. The Kier molecular flexibility index (Phi) is 4.26. The van der Waals surface area contributed by atoms with E-state index in [2.05, 4.69) is 10.3 Å². The van der Waals surface area contributed by atoms with Crippen molar-refractivity contribution in [3.63, 3.8) is 0 Å². The summed E-state index contributed by atoms with van der Waals surface area (Å²) in [7, 11) is 1.78. The van der Waals surface area contributed by atoms with Crippen LogP contribution in [-0.2, 0) is 13.5 Å². The van der Waals surface area contributed by atoms with E-state index in [1.807, 2.05) is 13.0 Å². The standard InChI is InChI=1S/C13H21N5O2/c1-3-10-7-11(17(2)15-10)13(19)18-6-4-5-9(8-18)12(14)16-20/h7,9,20H,3-6,8H2,1-2H3,(H2,14,16). The van der Waals surface area contributed by atoms with Crippen molar-refractivity contribution in [3.8, 4) is 0 Å². The van der Waals surface area contributed by atoms with Gasteiger partial charge in [0, 0.05) is 26.1 Å². The van der Waals surface area contributed by atoms with Gasteiger partial charge < -0.3 is 15.8 Å². The summed E-state index contributed by atoms with van der Waals surface area (Å²) >= 11 is 0. The fraction of sp³-hybridized carbons (Fsp3) is 0.615. The molecule has 1 amide bonds. The zero-order valence-corrected chi connectivity index (χ0v) is 11.9. The summed E-state index contributed by atoms with van der Waals surface area (Å²) in [6, 6.07) is 1.83. The largest absolute Gasteiger partial charge is 0.409 e. The third kappa shape index (κ3) is 2.76. The lowest BCUT2D eigenvalue weighted by Crippen LogP contribution is -2.44. The van der Waals surface area contributed by atoms with Crippen LogP contribution in [0.15, 0.2) is 11.2 Å². The van der Waals surface area contributed by atoms with Gasteiger partial charge in [-0.1, -0.05) is 12.1 Å². The molecule has 7 nitrogen and oxygen atoms in total. The summed E-state index contributed by atoms with van der Waals surface area (Å²) in [5, 5.41) is 16.1. The highest BCUT2D eigenvalue weighted by atomic mass is 16.4. The van der Waals surface area contributed by atoms with Crippen LogP contribution >= 0.6 is 0 Å². The monoisotopic (exact) mass is 279 g/mol. The Balaban J connectivity index is 2.14. The van der Waals surface area contributed by atoms with Crippen LogP contribution in [0.5, 0.6) is 0 Å². The lowest BCUT2D eigenvalue weighted by molar-refractivity contribution is 0.0690. The van der Waals surface area contributed by atoms with Crippen molar-refractivity contribution in [3.05, 3.63) is 17.5 Å². The molecule has 7 heteroatoms. The van der Waals surface area contributed by atoms with Crippen LogP contribution < -0.4 is 5.73 Å². The molecule has 3 N–H and O–H groups in total. The number of amidine groups is 1. The van der Waals surface area contributed by atoms with Crippen LogP contribution in [0, 0.1) is 5.92 Å². The number of hydrogen-bond acceptors (Lipinski definition) is 4. The summed E-state index contributed by atoms with van der Waals surface area (Å²) in [5.74, 6) is 0.0773. The summed E-state index contributed by atoms with van der Waals surface area (Å²) < 4.78 is 1.62. The first kappa shape index (κ1) is 14.4. The molecule has 0 saturated carbocycles. The number of oxime groups is 1. The minimum Gasteiger partial charge on any atom is -0.409 e. The number of carbonyl (C=O) groups excluding carboxylic acids is 1. The molecular formula is C13H21N5O2. The topological polar surface area (TPSA) is 96.7 Å². The van der Waals surface area contributed by atoms with Crippen molar-refractivity contribution >= 4 is 11.7 Å². The first-order valence-electron chi connectivity index (χ1n) is 6.86. The molecule has 110 valence electrons. The van der Waals surface area contributed by atoms with E-state index in [4.69, 9.17) is 10.9 Å². The van der Waals surface area contributed by atoms with E-state index in [1.54, 1.807) is 16.6 Å². The lowest BCUT2D eigenvalue weighted by Gasteiger charge is -2.31. The maximum Gasteiger partial charge on any atom is 0.272 e. The fourth-order valence-corrected chi connectivity index (χ4v) is 2.55. The second kappa shape index (κ2) is 5.94. The molecule has 2 heterocycles. The molecule has 0 bridgehead atoms. The van der Waals surface area contributed by atoms with Gasteiger partial charge in [-0.3, -0.25) is 9.48 Å². The second-order valence-electron chi connectivity index (χ2n) is 5.11. The van der Waals surface area contributed by atoms with Crippen molar-refractivity contribution in [1.29, 1.82) is 0 Å². The molecule has 1 atom stereocenters. The third-order valence-corrected chi connectivity index (χ3v) is 3.75. The number of carbonyl (C=O) groups is 1. The predicted molar refractivity (Wildman–Crippen MR) is 74.6 cm³/mol. The Morgan fingerprint density at radius 3 is 3.00 bits per heavy atom. The molecule has 1 saturated heterocycles. The predicted octanol–water partition coefficient (Wildman–Crippen LogP) is 0.581. The van der Waals surface area contributed by atoms with Gasteiger partial charge in [0.15, 0.2) is 0 Å². The molecular weight excluding hydrogens is 258 g/mol. The molecule has 1 fully saturated rings. The molecule has 0 spiro atoms. The minimum absolute atomic E-state index is 0.0462. The lowest BCUT2D eigenvalue weighted by atomic mass is 9.97. The SMILES string of the molecule is CCc1cc(C(=O)N2CCCC(C(N)=NO)C2)n(C)n1. The first-order chi connectivity index (χ1) is 9.56. The fourth-order valence-electron chi connectivity index (χ4n) is 2.55. The van der Waals surface area contributed by atoms with Crippen LogP contribution in [0.3, 0.4) is 0 Å². The second-order valence-corrected chi connectivity index (χ2v) is 5.11. The highest BCUT2D eigenvalue weighted by molar-refractivity contribution is 5.93. The average Bonchev–Trinajstić information content (AvgIpc) is 2.87. The molecule has 0 aliphatic carbocycles. The summed E-state index contributed by atoms with van der Waals surface area (Å²) in [6.45, 7) is 3.19. The zero-order chi connectivity index (χ0) is 14.7. The molecule has 1 aliphatic rings. The number of hydrogen-bond donors (Lipinski definition) is 2. The molecule has 0 aromatic carbocycles. The van der Waals surface area contributed by atoms with Crippen molar-refractivity contribution in [2.24, 2.45) is 23.9 Å². The molecule has 1 unspecified atom stereocenters. The van der Waals surface area contributed by atoms with E-state index in [0.717, 1.165) is 25.0 Å². The molecule has 1 aromatic rings. The normalized spacial score (nSPS) is 20.2. The van der Waals surface area contributed by atoms with Crippen LogP contribution in [0.25, 0.3) is 0 Å². The smallest absolute Gasteiger partial charge is 0.272 e. The highest BCUT2D eigenvalue weighted by Crippen LogP contribution is 2.19. The van der Waals surface area contributed by atoms with Gasteiger partial charge in [-0.15, -0.1) is 0 Å². The highest BCUT2D eigenvalue weighted by Gasteiger charge is 2.28. The van der Waals surface area contributed by atoms with Crippen molar-refractivity contribution in [2.45, 2.75) is 26.2 Å². The number of rotatable bonds is 3. The number of piperidine rings is 1. The number of nitrogens with zero attached hydrogens (tertiary/aromatic N) is 4. The quantitative estimate of drug-likeness (QED) is 0.366. The molecule has 2 rings (SSSR count). The van der Waals surface area contributed by atoms with E-state index in [1.165, 1.54) is 0 Å². The van der Waals surface area contributed by atoms with Gasteiger partial charge in [-0.05, 0) is 25.3 Å². The number of nitrogens with two attached hydrogens (primary N) is 1. The first-order valence-corrected chi connectivity index (χ1v) is 6.86. The molecule has 1 aromatic heterocycles. The van der Waals surface area contributed by atoms with Crippen molar-refractivity contribution in [1.82, 2.24) is 14.7 Å². The van der Waals surface area contributed by atoms with Crippen molar-refractivity contribution < 1.29 is 10.0 Å². The third-order valence-electron chi connectivity index (χ3n) is 3.75. The van der Waals surface area contributed by atoms with Crippen LogP contribution in [0.1, 0.15) is 35.9 Å². The minimum atomic E-state index is -0.0726. The van der Waals surface area contributed by atoms with Gasteiger partial charge in [0.05, 0.1) is 5.69 Å². The van der Waals surface area contributed by atoms with E-state index >= 15 is 0 Å². The number of amides is 1. The van der Waals surface area contributed by atoms with Crippen LogP contribution in [0.4, 0.5) is 0 Å². The summed E-state index contributed by atoms with van der Waals surface area (Å²) in [6.07, 6.45) is 2.49.